The minimum Gasteiger partial charge on any atom is -0.461 e. The second-order valence-corrected chi connectivity index (χ2v) is 7.49. The zero-order chi connectivity index (χ0) is 23.3. The van der Waals surface area contributed by atoms with Gasteiger partial charge >= 0.3 is 5.97 Å². The Hall–Kier alpha value is -2.20. The van der Waals surface area contributed by atoms with Gasteiger partial charge in [-0.3, -0.25) is 4.79 Å². The van der Waals surface area contributed by atoms with Crippen molar-refractivity contribution in [3.8, 4) is 0 Å². The molecule has 3 unspecified atom stereocenters. The van der Waals surface area contributed by atoms with Gasteiger partial charge in [-0.2, -0.15) is 0 Å². The highest BCUT2D eigenvalue weighted by Crippen LogP contribution is 2.27. The number of aliphatic hydroxyl groups excluding tert-OH is 3. The van der Waals surface area contributed by atoms with Crippen LogP contribution in [0, 0.1) is 0 Å². The molecule has 0 radical (unpaired) electrons. The fraction of sp³-hybridized carbons (Fsp3) is 0.778. The molecule has 2 saturated heterocycles. The van der Waals surface area contributed by atoms with Gasteiger partial charge in [-0.05, 0) is 19.8 Å². The molecule has 3 heterocycles. The summed E-state index contributed by atoms with van der Waals surface area (Å²) in [5, 5.41) is 33.1. The van der Waals surface area contributed by atoms with Gasteiger partial charge in [-0.25, -0.2) is 14.5 Å². The van der Waals surface area contributed by atoms with Crippen LogP contribution in [0.4, 0.5) is 0 Å². The lowest BCUT2D eigenvalue weighted by molar-refractivity contribution is -0.294. The number of carbonyl (C=O) groups is 2. The molecule has 3 rings (SSSR count). The third-order valence-corrected chi connectivity index (χ3v) is 5.08. The molecule has 14 nitrogen and oxygen atoms in total. The van der Waals surface area contributed by atoms with Crippen molar-refractivity contribution in [3.63, 3.8) is 0 Å². The van der Waals surface area contributed by atoms with Gasteiger partial charge in [0.25, 0.3) is 5.91 Å². The van der Waals surface area contributed by atoms with Gasteiger partial charge in [0.1, 0.15) is 37.9 Å². The van der Waals surface area contributed by atoms with Crippen LogP contribution >= 0.6 is 0 Å². The van der Waals surface area contributed by atoms with Crippen molar-refractivity contribution in [1.29, 1.82) is 0 Å². The predicted octanol–water partition coefficient (Wildman–Crippen LogP) is -2.54. The second-order valence-electron chi connectivity index (χ2n) is 7.49. The summed E-state index contributed by atoms with van der Waals surface area (Å²) in [5.41, 5.74) is 5.12. The maximum Gasteiger partial charge on any atom is 0.332 e. The lowest BCUT2D eigenvalue weighted by Gasteiger charge is -2.38. The van der Waals surface area contributed by atoms with Crippen LogP contribution in [0.2, 0.25) is 0 Å². The van der Waals surface area contributed by atoms with E-state index < -0.39 is 48.8 Å². The number of esters is 1. The molecule has 2 aliphatic heterocycles. The normalized spacial score (nSPS) is 32.7. The number of nitrogens with two attached hydrogens (primary N) is 1. The van der Waals surface area contributed by atoms with E-state index in [1.54, 1.807) is 6.92 Å². The van der Waals surface area contributed by atoms with Gasteiger partial charge in [0, 0.05) is 0 Å². The molecule has 0 bridgehead atoms. The maximum absolute atomic E-state index is 11.8. The highest BCUT2D eigenvalue weighted by molar-refractivity contribution is 5.88. The minimum atomic E-state index is -1.40. The molecule has 180 valence electrons. The Morgan fingerprint density at radius 2 is 1.97 bits per heavy atom. The Morgan fingerprint density at radius 3 is 2.69 bits per heavy atom. The third-order valence-electron chi connectivity index (χ3n) is 5.08. The van der Waals surface area contributed by atoms with E-state index in [4.69, 9.17) is 29.4 Å². The summed E-state index contributed by atoms with van der Waals surface area (Å²) in [6, 6.07) is 0. The number of primary amides is 1. The molecule has 0 saturated carbocycles. The first kappa shape index (κ1) is 24.4. The number of aromatic nitrogens is 3. The van der Waals surface area contributed by atoms with Gasteiger partial charge in [0.05, 0.1) is 25.4 Å². The van der Waals surface area contributed by atoms with Crippen LogP contribution in [0.15, 0.2) is 6.33 Å². The molecule has 0 aromatic carbocycles. The molecule has 14 heteroatoms. The quantitative estimate of drug-likeness (QED) is 0.211. The predicted molar refractivity (Wildman–Crippen MR) is 102 cm³/mol. The van der Waals surface area contributed by atoms with E-state index in [-0.39, 0.29) is 38.4 Å². The Kier molecular flexibility index (Phi) is 8.47. The standard InChI is InChI=1S/C18H28N4O10/c1-9-13(24)14(25)15(26)18(31-9)29-5-4-28-7-12(23)30-6-10-2-3-11(32-10)22-8-20-17(21-22)16(19)27/h8-11,13-15,18,24-26H,2-7H2,1H3,(H2,19,27)/t9?,10-,11+,13-,14?,15?,18+/m0/s1. The summed E-state index contributed by atoms with van der Waals surface area (Å²) < 4.78 is 28.0. The van der Waals surface area contributed by atoms with Crippen molar-refractivity contribution in [3.05, 3.63) is 12.2 Å². The number of amides is 1. The van der Waals surface area contributed by atoms with Crippen LogP contribution < -0.4 is 5.73 Å². The smallest absolute Gasteiger partial charge is 0.332 e. The number of nitrogens with zero attached hydrogens (tertiary/aromatic N) is 3. The summed E-state index contributed by atoms with van der Waals surface area (Å²) in [4.78, 5) is 26.7. The maximum atomic E-state index is 11.8. The lowest BCUT2D eigenvalue weighted by atomic mass is 10.0. The summed E-state index contributed by atoms with van der Waals surface area (Å²) >= 11 is 0. The zero-order valence-corrected chi connectivity index (χ0v) is 17.5. The number of hydrogen-bond donors (Lipinski definition) is 4. The highest BCUT2D eigenvalue weighted by atomic mass is 16.7. The van der Waals surface area contributed by atoms with Crippen LogP contribution in [-0.2, 0) is 28.5 Å². The lowest BCUT2D eigenvalue weighted by Crippen LogP contribution is -2.57. The number of ether oxygens (including phenoxy) is 5. The first-order chi connectivity index (χ1) is 15.3. The fourth-order valence-electron chi connectivity index (χ4n) is 3.29. The highest BCUT2D eigenvalue weighted by Gasteiger charge is 2.42. The van der Waals surface area contributed by atoms with Gasteiger partial charge in [-0.15, -0.1) is 5.10 Å². The second kappa shape index (κ2) is 11.1. The van der Waals surface area contributed by atoms with Crippen LogP contribution in [0.3, 0.4) is 0 Å². The van der Waals surface area contributed by atoms with Crippen molar-refractivity contribution in [2.45, 2.75) is 62.8 Å². The van der Waals surface area contributed by atoms with Gasteiger partial charge < -0.3 is 44.7 Å². The Bertz CT molecular complexity index is 777. The van der Waals surface area contributed by atoms with E-state index in [9.17, 15) is 24.9 Å². The molecule has 32 heavy (non-hydrogen) atoms. The SMILES string of the molecule is CC1O[C@@H](OCCOCC(=O)OC[C@@H]2CC[C@H](n3cnc(C(N)=O)n3)O2)C(O)C(O)[C@H]1O. The zero-order valence-electron chi connectivity index (χ0n) is 17.5. The van der Waals surface area contributed by atoms with Crippen LogP contribution in [0.25, 0.3) is 0 Å². The topological polar surface area (TPSA) is 198 Å². The van der Waals surface area contributed by atoms with E-state index in [0.29, 0.717) is 12.8 Å². The average molecular weight is 460 g/mol. The molecule has 2 fully saturated rings. The number of carbonyl (C=O) groups excluding carboxylic acids is 2. The Balaban J connectivity index is 1.27. The van der Waals surface area contributed by atoms with Crippen molar-refractivity contribution in [2.75, 3.05) is 26.4 Å². The van der Waals surface area contributed by atoms with E-state index in [0.717, 1.165) is 0 Å². The van der Waals surface area contributed by atoms with E-state index in [1.807, 2.05) is 0 Å². The molecule has 7 atom stereocenters. The number of rotatable bonds is 10. The monoisotopic (exact) mass is 460 g/mol. The van der Waals surface area contributed by atoms with E-state index in [2.05, 4.69) is 10.1 Å². The summed E-state index contributed by atoms with van der Waals surface area (Å²) in [6.45, 7) is 1.28. The average Bonchev–Trinajstić information content (AvgIpc) is 3.43. The molecule has 0 aliphatic carbocycles. The Morgan fingerprint density at radius 1 is 1.19 bits per heavy atom. The molecular weight excluding hydrogens is 432 g/mol. The van der Waals surface area contributed by atoms with Crippen LogP contribution in [0.5, 0.6) is 0 Å². The first-order valence-corrected chi connectivity index (χ1v) is 10.2. The first-order valence-electron chi connectivity index (χ1n) is 10.2. The molecular formula is C18H28N4O10. The van der Waals surface area contributed by atoms with Crippen molar-refractivity contribution in [1.82, 2.24) is 14.8 Å². The number of aliphatic hydroxyl groups is 3. The van der Waals surface area contributed by atoms with Crippen molar-refractivity contribution >= 4 is 11.9 Å². The van der Waals surface area contributed by atoms with E-state index in [1.165, 1.54) is 11.0 Å². The van der Waals surface area contributed by atoms with Crippen molar-refractivity contribution < 1.29 is 48.6 Å². The molecule has 1 aromatic rings. The van der Waals surface area contributed by atoms with Crippen LogP contribution in [-0.4, -0.2) is 105 Å². The molecule has 1 amide bonds. The summed E-state index contributed by atoms with van der Waals surface area (Å²) in [7, 11) is 0. The Labute approximate surface area is 183 Å². The van der Waals surface area contributed by atoms with E-state index >= 15 is 0 Å². The van der Waals surface area contributed by atoms with Gasteiger partial charge in [0.2, 0.25) is 5.82 Å². The molecule has 2 aliphatic rings. The largest absolute Gasteiger partial charge is 0.461 e. The summed E-state index contributed by atoms with van der Waals surface area (Å²) in [6.07, 6.45) is -3.98. The summed E-state index contributed by atoms with van der Waals surface area (Å²) in [5.74, 6) is -1.42. The number of hydrogen-bond acceptors (Lipinski definition) is 12. The molecule has 1 aromatic heterocycles. The van der Waals surface area contributed by atoms with Gasteiger partial charge in [-0.1, -0.05) is 0 Å². The third kappa shape index (κ3) is 6.19. The van der Waals surface area contributed by atoms with Gasteiger partial charge in [0.15, 0.2) is 12.5 Å². The molecule has 5 N–H and O–H groups in total. The minimum absolute atomic E-state index is 0.0108. The fourth-order valence-corrected chi connectivity index (χ4v) is 3.29. The van der Waals surface area contributed by atoms with Crippen molar-refractivity contribution in [2.24, 2.45) is 5.73 Å². The molecule has 0 spiro atoms. The van der Waals surface area contributed by atoms with Crippen LogP contribution in [0.1, 0.15) is 36.6 Å².